The molecular weight excluding hydrogens is 206 g/mol. The van der Waals surface area contributed by atoms with Gasteiger partial charge >= 0.3 is 29.6 Å². The zero-order valence-corrected chi connectivity index (χ0v) is 9.97. The molecule has 0 aliphatic rings. The van der Waals surface area contributed by atoms with Crippen molar-refractivity contribution < 1.29 is 9.09 Å². The molecule has 0 bridgehead atoms. The van der Waals surface area contributed by atoms with E-state index in [1.165, 1.54) is 25.7 Å². The van der Waals surface area contributed by atoms with E-state index in [0.717, 1.165) is 19.0 Å². The van der Waals surface area contributed by atoms with Crippen LogP contribution in [0.5, 0.6) is 0 Å². The van der Waals surface area contributed by atoms with Gasteiger partial charge in [0.05, 0.1) is 6.61 Å². The molecule has 0 spiro atoms. The molecule has 1 atom stereocenters. The summed E-state index contributed by atoms with van der Waals surface area (Å²) in [5, 5.41) is 0. The molecule has 0 amide bonds. The molecule has 0 rings (SSSR count). The summed E-state index contributed by atoms with van der Waals surface area (Å²) in [6, 6.07) is 0. The quantitative estimate of drug-likeness (QED) is 0.345. The summed E-state index contributed by atoms with van der Waals surface area (Å²) >= 11 is 0. The number of unbranched alkanes of at least 4 members (excludes halogenated alkanes) is 4. The molecule has 4 heteroatoms. The second-order valence-electron chi connectivity index (χ2n) is 3.38. The van der Waals surface area contributed by atoms with Crippen molar-refractivity contribution in [2.24, 2.45) is 0 Å². The molecule has 0 aromatic heterocycles. The Labute approximate surface area is 111 Å². The van der Waals surface area contributed by atoms with Gasteiger partial charge in [0, 0.05) is 6.16 Å². The van der Waals surface area contributed by atoms with Crippen LogP contribution in [0.15, 0.2) is 0 Å². The van der Waals surface area contributed by atoms with E-state index < -0.39 is 8.03 Å². The van der Waals surface area contributed by atoms with Crippen molar-refractivity contribution in [3.8, 4) is 0 Å². The molecular formula is C10H24NaO2P. The molecule has 2 nitrogen and oxygen atoms in total. The van der Waals surface area contributed by atoms with Crippen molar-refractivity contribution in [2.75, 3.05) is 12.8 Å². The van der Waals surface area contributed by atoms with Crippen LogP contribution in [0.4, 0.5) is 0 Å². The van der Waals surface area contributed by atoms with Gasteiger partial charge in [-0.25, -0.2) is 0 Å². The van der Waals surface area contributed by atoms with Crippen molar-refractivity contribution in [1.29, 1.82) is 0 Å². The molecule has 0 radical (unpaired) electrons. The predicted octanol–water partition coefficient (Wildman–Crippen LogP) is 3.21. The maximum absolute atomic E-state index is 11.2. The Kier molecular flexibility index (Phi) is 17.8. The van der Waals surface area contributed by atoms with E-state index in [2.05, 4.69) is 13.8 Å². The number of rotatable bonds is 9. The molecule has 0 saturated heterocycles. The van der Waals surface area contributed by atoms with Gasteiger partial charge < -0.3 is 4.52 Å². The first-order valence-electron chi connectivity index (χ1n) is 5.46. The van der Waals surface area contributed by atoms with Gasteiger partial charge in [0.25, 0.3) is 0 Å². The van der Waals surface area contributed by atoms with Crippen molar-refractivity contribution in [3.63, 3.8) is 0 Å². The summed E-state index contributed by atoms with van der Waals surface area (Å²) in [4.78, 5) is 0. The van der Waals surface area contributed by atoms with Gasteiger partial charge in [0.15, 0.2) is 8.03 Å². The topological polar surface area (TPSA) is 26.3 Å². The van der Waals surface area contributed by atoms with Crippen molar-refractivity contribution in [1.82, 2.24) is 0 Å². The monoisotopic (exact) mass is 230 g/mol. The van der Waals surface area contributed by atoms with Crippen LogP contribution < -0.4 is 0 Å². The van der Waals surface area contributed by atoms with Crippen LogP contribution in [0.1, 0.15) is 52.4 Å². The average Bonchev–Trinajstić information content (AvgIpc) is 2.13. The van der Waals surface area contributed by atoms with E-state index in [0.29, 0.717) is 6.61 Å². The molecule has 82 valence electrons. The molecule has 0 heterocycles. The summed E-state index contributed by atoms with van der Waals surface area (Å²) in [5.41, 5.74) is 0. The second-order valence-corrected chi connectivity index (χ2v) is 4.92. The van der Waals surface area contributed by atoms with E-state index in [4.69, 9.17) is 4.52 Å². The summed E-state index contributed by atoms with van der Waals surface area (Å²) < 4.78 is 16.5. The molecule has 0 aliphatic heterocycles. The van der Waals surface area contributed by atoms with Gasteiger partial charge in [0.1, 0.15) is 0 Å². The summed E-state index contributed by atoms with van der Waals surface area (Å²) in [5.74, 6) is 0. The zero-order valence-electron chi connectivity index (χ0n) is 8.97. The zero-order chi connectivity index (χ0) is 9.94. The van der Waals surface area contributed by atoms with Crippen molar-refractivity contribution in [3.05, 3.63) is 0 Å². The standard InChI is InChI=1S/C10H23O2P.Na.H/c1-3-5-7-9-12-13(11)10-8-6-4-2;;/h13H,3-10H2,1-2H3;;. The Hall–Kier alpha value is 1.19. The minimum absolute atomic E-state index is 0. The second kappa shape index (κ2) is 14.2. The van der Waals surface area contributed by atoms with Crippen LogP contribution in [-0.2, 0) is 9.09 Å². The van der Waals surface area contributed by atoms with E-state index in [-0.39, 0.29) is 29.6 Å². The van der Waals surface area contributed by atoms with Crippen molar-refractivity contribution in [2.45, 2.75) is 52.4 Å². The number of hydrogen-bond acceptors (Lipinski definition) is 2. The Morgan fingerprint density at radius 2 is 1.57 bits per heavy atom. The normalized spacial score (nSPS) is 12.1. The molecule has 0 aliphatic carbocycles. The Balaban J connectivity index is 0. The van der Waals surface area contributed by atoms with Gasteiger partial charge in [-0.1, -0.05) is 39.5 Å². The first kappa shape index (κ1) is 17.6. The van der Waals surface area contributed by atoms with Crippen molar-refractivity contribution >= 4 is 37.6 Å². The van der Waals surface area contributed by atoms with E-state index >= 15 is 0 Å². The Morgan fingerprint density at radius 1 is 1.00 bits per heavy atom. The van der Waals surface area contributed by atoms with Crippen LogP contribution in [-0.4, -0.2) is 42.3 Å². The first-order valence-corrected chi connectivity index (χ1v) is 6.99. The van der Waals surface area contributed by atoms with Gasteiger partial charge in [-0.05, 0) is 12.8 Å². The molecule has 0 fully saturated rings. The molecule has 1 unspecified atom stereocenters. The fraction of sp³-hybridized carbons (Fsp3) is 1.00. The Morgan fingerprint density at radius 3 is 2.14 bits per heavy atom. The van der Waals surface area contributed by atoms with Crippen LogP contribution in [0.3, 0.4) is 0 Å². The molecule has 0 aromatic rings. The fourth-order valence-corrected chi connectivity index (χ4v) is 2.18. The Bertz CT molecular complexity index is 131. The van der Waals surface area contributed by atoms with E-state index in [1.54, 1.807) is 0 Å². The maximum atomic E-state index is 11.2. The predicted molar refractivity (Wildman–Crippen MR) is 66.0 cm³/mol. The van der Waals surface area contributed by atoms with Gasteiger partial charge in [-0.2, -0.15) is 0 Å². The average molecular weight is 230 g/mol. The van der Waals surface area contributed by atoms with E-state index in [1.807, 2.05) is 0 Å². The van der Waals surface area contributed by atoms with Crippen LogP contribution in [0.2, 0.25) is 0 Å². The molecule has 14 heavy (non-hydrogen) atoms. The van der Waals surface area contributed by atoms with Gasteiger partial charge in [-0.15, -0.1) is 0 Å². The van der Waals surface area contributed by atoms with Crippen LogP contribution >= 0.6 is 8.03 Å². The molecule has 0 saturated carbocycles. The third-order valence-electron chi connectivity index (χ3n) is 2.00. The third-order valence-corrected chi connectivity index (χ3v) is 3.28. The molecule has 0 aromatic carbocycles. The summed E-state index contributed by atoms with van der Waals surface area (Å²) in [6.07, 6.45) is 7.64. The van der Waals surface area contributed by atoms with Crippen LogP contribution in [0.25, 0.3) is 0 Å². The minimum atomic E-state index is -1.69. The van der Waals surface area contributed by atoms with Gasteiger partial charge in [-0.3, -0.25) is 4.57 Å². The van der Waals surface area contributed by atoms with E-state index in [9.17, 15) is 4.57 Å². The SMILES string of the molecule is CCCCCO[PH](=O)CCCCC.[NaH]. The number of hydrogen-bond donors (Lipinski definition) is 0. The fourth-order valence-electron chi connectivity index (χ4n) is 1.13. The first-order chi connectivity index (χ1) is 6.31. The summed E-state index contributed by atoms with van der Waals surface area (Å²) in [7, 11) is -1.69. The van der Waals surface area contributed by atoms with Crippen LogP contribution in [0, 0.1) is 0 Å². The van der Waals surface area contributed by atoms with Gasteiger partial charge in [0.2, 0.25) is 0 Å². The third kappa shape index (κ3) is 13.2. The molecule has 0 N–H and O–H groups in total. The summed E-state index contributed by atoms with van der Waals surface area (Å²) in [6.45, 7) is 5.00.